The number of hydrogen-bond donors (Lipinski definition) is 2. The predicted octanol–water partition coefficient (Wildman–Crippen LogP) is 4.17. The molecule has 3 rings (SSSR count). The van der Waals surface area contributed by atoms with E-state index >= 15 is 0 Å². The highest BCUT2D eigenvalue weighted by atomic mass is 16.7. The van der Waals surface area contributed by atoms with Crippen LogP contribution < -0.4 is 20.1 Å². The van der Waals surface area contributed by atoms with Crippen LogP contribution in [-0.4, -0.2) is 31.2 Å². The summed E-state index contributed by atoms with van der Waals surface area (Å²) < 4.78 is 15.1. The Bertz CT molecular complexity index is 1080. The predicted molar refractivity (Wildman–Crippen MR) is 122 cm³/mol. The molecule has 0 bridgehead atoms. The van der Waals surface area contributed by atoms with Crippen molar-refractivity contribution in [1.29, 1.82) is 0 Å². The van der Waals surface area contributed by atoms with E-state index in [2.05, 4.69) is 10.6 Å². The molecule has 3 aromatic rings. The van der Waals surface area contributed by atoms with Gasteiger partial charge in [-0.15, -0.1) is 0 Å². The molecular weight excluding hydrogens is 424 g/mol. The van der Waals surface area contributed by atoms with Crippen LogP contribution in [0.3, 0.4) is 0 Å². The Morgan fingerprint density at radius 3 is 2.33 bits per heavy atom. The van der Waals surface area contributed by atoms with Gasteiger partial charge >= 0.3 is 6.16 Å². The summed E-state index contributed by atoms with van der Waals surface area (Å²) in [6.45, 7) is 2.10. The number of carbonyl (C=O) groups is 3. The second-order valence-corrected chi connectivity index (χ2v) is 6.84. The lowest BCUT2D eigenvalue weighted by Crippen LogP contribution is -2.28. The monoisotopic (exact) mass is 448 g/mol. The van der Waals surface area contributed by atoms with Crippen LogP contribution in [0.15, 0.2) is 78.9 Å². The molecule has 3 aromatic carbocycles. The van der Waals surface area contributed by atoms with Gasteiger partial charge in [-0.2, -0.15) is 0 Å². The Labute approximate surface area is 191 Å². The van der Waals surface area contributed by atoms with E-state index in [9.17, 15) is 14.4 Å². The number of amides is 2. The summed E-state index contributed by atoms with van der Waals surface area (Å²) in [5.74, 6) is 0.324. The van der Waals surface area contributed by atoms with Gasteiger partial charge in [0.2, 0.25) is 0 Å². The van der Waals surface area contributed by atoms with Crippen LogP contribution in [0.5, 0.6) is 11.5 Å². The van der Waals surface area contributed by atoms with Crippen LogP contribution in [0, 0.1) is 0 Å². The number of benzene rings is 3. The molecule has 0 saturated heterocycles. The van der Waals surface area contributed by atoms with E-state index in [1.807, 2.05) is 24.3 Å². The normalized spacial score (nSPS) is 10.1. The van der Waals surface area contributed by atoms with Gasteiger partial charge in [-0.25, -0.2) is 4.79 Å². The zero-order chi connectivity index (χ0) is 23.5. The number of rotatable bonds is 9. The molecule has 0 heterocycles. The van der Waals surface area contributed by atoms with Gasteiger partial charge in [-0.1, -0.05) is 30.3 Å². The van der Waals surface area contributed by atoms with Gasteiger partial charge < -0.3 is 24.8 Å². The first-order chi connectivity index (χ1) is 16.0. The Morgan fingerprint density at radius 2 is 1.61 bits per heavy atom. The van der Waals surface area contributed by atoms with Crippen LogP contribution in [-0.2, 0) is 16.1 Å². The molecule has 2 N–H and O–H groups in total. The van der Waals surface area contributed by atoms with E-state index in [1.165, 1.54) is 12.1 Å². The number of carbonyl (C=O) groups excluding carboxylic acids is 3. The van der Waals surface area contributed by atoms with Crippen LogP contribution >= 0.6 is 0 Å². The smallest absolute Gasteiger partial charge is 0.484 e. The topological polar surface area (TPSA) is 103 Å². The standard InChI is InChI=1S/C25H24N2O6/c1-2-31-25(30)33-22-13-11-19(12-14-22)24(29)27-20-8-6-7-18(15-20)16-26-23(28)17-32-21-9-4-3-5-10-21/h3-15H,2,16-17H2,1H3,(H,26,28)(H,27,29). The third-order valence-electron chi connectivity index (χ3n) is 4.37. The molecule has 0 spiro atoms. The quantitative estimate of drug-likeness (QED) is 0.376. The minimum absolute atomic E-state index is 0.0870. The van der Waals surface area contributed by atoms with Crippen molar-refractivity contribution in [2.45, 2.75) is 13.5 Å². The third kappa shape index (κ3) is 7.70. The van der Waals surface area contributed by atoms with E-state index < -0.39 is 6.16 Å². The van der Waals surface area contributed by atoms with Gasteiger partial charge in [0.25, 0.3) is 11.8 Å². The van der Waals surface area contributed by atoms with Crippen molar-refractivity contribution in [2.24, 2.45) is 0 Å². The molecule has 0 unspecified atom stereocenters. The van der Waals surface area contributed by atoms with Gasteiger partial charge in [0.15, 0.2) is 6.61 Å². The highest BCUT2D eigenvalue weighted by Gasteiger charge is 2.10. The van der Waals surface area contributed by atoms with Crippen LogP contribution in [0.25, 0.3) is 0 Å². The van der Waals surface area contributed by atoms with E-state index in [0.717, 1.165) is 5.56 Å². The molecule has 8 nitrogen and oxygen atoms in total. The summed E-state index contributed by atoms with van der Waals surface area (Å²) in [4.78, 5) is 35.9. The van der Waals surface area contributed by atoms with Crippen LogP contribution in [0.4, 0.5) is 10.5 Å². The molecule has 0 radical (unpaired) electrons. The molecule has 170 valence electrons. The molecule has 8 heteroatoms. The average molecular weight is 448 g/mol. The molecular formula is C25H24N2O6. The fraction of sp³-hybridized carbons (Fsp3) is 0.160. The van der Waals surface area contributed by atoms with E-state index in [1.54, 1.807) is 49.4 Å². The molecule has 0 aliphatic rings. The maximum atomic E-state index is 12.5. The fourth-order valence-corrected chi connectivity index (χ4v) is 2.80. The lowest BCUT2D eigenvalue weighted by atomic mass is 10.1. The van der Waals surface area contributed by atoms with Crippen molar-refractivity contribution in [3.63, 3.8) is 0 Å². The van der Waals surface area contributed by atoms with Gasteiger partial charge in [0.1, 0.15) is 11.5 Å². The molecule has 0 atom stereocenters. The maximum Gasteiger partial charge on any atom is 0.513 e. The van der Waals surface area contributed by atoms with Gasteiger partial charge in [0, 0.05) is 17.8 Å². The Hall–Kier alpha value is -4.33. The number of para-hydroxylation sites is 1. The first-order valence-corrected chi connectivity index (χ1v) is 10.3. The minimum Gasteiger partial charge on any atom is -0.484 e. The van der Waals surface area contributed by atoms with Gasteiger partial charge in [-0.3, -0.25) is 9.59 Å². The molecule has 0 aliphatic heterocycles. The van der Waals surface area contributed by atoms with E-state index in [4.69, 9.17) is 14.2 Å². The minimum atomic E-state index is -0.801. The highest BCUT2D eigenvalue weighted by Crippen LogP contribution is 2.16. The first-order valence-electron chi connectivity index (χ1n) is 10.3. The van der Waals surface area contributed by atoms with Crippen LogP contribution in [0.2, 0.25) is 0 Å². The Balaban J connectivity index is 1.49. The van der Waals surface area contributed by atoms with Crippen molar-refractivity contribution in [1.82, 2.24) is 5.32 Å². The molecule has 33 heavy (non-hydrogen) atoms. The van der Waals surface area contributed by atoms with E-state index in [0.29, 0.717) is 23.5 Å². The Kier molecular flexibility index (Phi) is 8.41. The molecule has 0 aliphatic carbocycles. The lowest BCUT2D eigenvalue weighted by Gasteiger charge is -2.10. The summed E-state index contributed by atoms with van der Waals surface area (Å²) in [5.41, 5.74) is 1.79. The van der Waals surface area contributed by atoms with Gasteiger partial charge in [0.05, 0.1) is 6.61 Å². The van der Waals surface area contributed by atoms with Crippen molar-refractivity contribution in [2.75, 3.05) is 18.5 Å². The summed E-state index contributed by atoms with van der Waals surface area (Å²) in [5, 5.41) is 5.59. The van der Waals surface area contributed by atoms with Crippen molar-refractivity contribution in [3.8, 4) is 11.5 Å². The largest absolute Gasteiger partial charge is 0.513 e. The maximum absolute atomic E-state index is 12.5. The summed E-state index contributed by atoms with van der Waals surface area (Å²) in [6.07, 6.45) is -0.801. The molecule has 2 amide bonds. The van der Waals surface area contributed by atoms with Crippen LogP contribution in [0.1, 0.15) is 22.8 Å². The molecule has 0 aromatic heterocycles. The second-order valence-electron chi connectivity index (χ2n) is 6.84. The van der Waals surface area contributed by atoms with E-state index in [-0.39, 0.29) is 30.8 Å². The average Bonchev–Trinajstić information content (AvgIpc) is 2.83. The summed E-state index contributed by atoms with van der Waals surface area (Å²) >= 11 is 0. The molecule has 0 fully saturated rings. The fourth-order valence-electron chi connectivity index (χ4n) is 2.80. The zero-order valence-electron chi connectivity index (χ0n) is 18.1. The number of anilines is 1. The highest BCUT2D eigenvalue weighted by molar-refractivity contribution is 6.04. The SMILES string of the molecule is CCOC(=O)Oc1ccc(C(=O)Nc2cccc(CNC(=O)COc3ccccc3)c2)cc1. The third-order valence-corrected chi connectivity index (χ3v) is 4.37. The van der Waals surface area contributed by atoms with Crippen molar-refractivity contribution in [3.05, 3.63) is 90.0 Å². The lowest BCUT2D eigenvalue weighted by molar-refractivity contribution is -0.123. The zero-order valence-corrected chi connectivity index (χ0v) is 18.1. The van der Waals surface area contributed by atoms with Crippen molar-refractivity contribution < 1.29 is 28.6 Å². The first kappa shape index (κ1) is 23.3. The van der Waals surface area contributed by atoms with Crippen molar-refractivity contribution >= 4 is 23.7 Å². The summed E-state index contributed by atoms with van der Waals surface area (Å²) in [6, 6.07) is 22.3. The molecule has 0 saturated carbocycles. The summed E-state index contributed by atoms with van der Waals surface area (Å²) in [7, 11) is 0. The second kappa shape index (κ2) is 11.9. The number of ether oxygens (including phenoxy) is 3. The van der Waals surface area contributed by atoms with Gasteiger partial charge in [-0.05, 0) is 61.0 Å². The Morgan fingerprint density at radius 1 is 0.848 bits per heavy atom. The number of nitrogens with one attached hydrogen (secondary N) is 2. The number of hydrogen-bond acceptors (Lipinski definition) is 6.